The molecule has 6 heteroatoms. The van der Waals surface area contributed by atoms with E-state index in [1.807, 2.05) is 49.5 Å². The molecule has 0 saturated carbocycles. The van der Waals surface area contributed by atoms with Crippen LogP contribution in [0.2, 0.25) is 5.02 Å². The molecule has 0 aliphatic heterocycles. The maximum Gasteiger partial charge on any atom is 0.241 e. The van der Waals surface area contributed by atoms with Gasteiger partial charge in [-0.05, 0) is 48.4 Å². The highest BCUT2D eigenvalue weighted by molar-refractivity contribution is 7.89. The van der Waals surface area contributed by atoms with Gasteiger partial charge < -0.3 is 4.98 Å². The van der Waals surface area contributed by atoms with Crippen molar-refractivity contribution >= 4 is 32.5 Å². The molecule has 0 spiro atoms. The van der Waals surface area contributed by atoms with E-state index in [2.05, 4.69) is 9.71 Å². The van der Waals surface area contributed by atoms with Crippen LogP contribution in [0.1, 0.15) is 22.7 Å². The predicted molar refractivity (Wildman–Crippen MR) is 113 cm³/mol. The van der Waals surface area contributed by atoms with Gasteiger partial charge >= 0.3 is 0 Å². The molecule has 0 saturated heterocycles. The summed E-state index contributed by atoms with van der Waals surface area (Å²) in [5, 5.41) is 1.57. The molecule has 0 aliphatic carbocycles. The molecule has 3 aromatic carbocycles. The van der Waals surface area contributed by atoms with Gasteiger partial charge in [0.2, 0.25) is 10.0 Å². The maximum absolute atomic E-state index is 13.1. The first-order valence-corrected chi connectivity index (χ1v) is 10.7. The van der Waals surface area contributed by atoms with Gasteiger partial charge in [-0.1, -0.05) is 59.6 Å². The highest BCUT2D eigenvalue weighted by atomic mass is 35.5. The summed E-state index contributed by atoms with van der Waals surface area (Å²) in [6.07, 6.45) is 1.85. The van der Waals surface area contributed by atoms with Crippen LogP contribution in [0.15, 0.2) is 83.9 Å². The Bertz CT molecular complexity index is 1210. The normalized spacial score (nSPS) is 12.9. The number of hydrogen-bond acceptors (Lipinski definition) is 2. The van der Waals surface area contributed by atoms with E-state index >= 15 is 0 Å². The van der Waals surface area contributed by atoms with Crippen LogP contribution in [0.5, 0.6) is 0 Å². The number of nitrogens with one attached hydrogen (secondary N) is 2. The van der Waals surface area contributed by atoms with Crippen molar-refractivity contribution in [3.05, 3.63) is 101 Å². The Hall–Kier alpha value is -2.60. The van der Waals surface area contributed by atoms with Gasteiger partial charge in [0.15, 0.2) is 0 Å². The molecule has 2 N–H and O–H groups in total. The molecule has 4 aromatic rings. The minimum Gasteiger partial charge on any atom is -0.361 e. The first-order chi connectivity index (χ1) is 13.4. The average Bonchev–Trinajstić information content (AvgIpc) is 3.11. The van der Waals surface area contributed by atoms with Gasteiger partial charge in [0.1, 0.15) is 0 Å². The van der Waals surface area contributed by atoms with E-state index in [1.54, 1.807) is 36.4 Å². The molecule has 4 rings (SSSR count). The van der Waals surface area contributed by atoms with Crippen LogP contribution >= 0.6 is 11.6 Å². The Morgan fingerprint density at radius 2 is 1.61 bits per heavy atom. The number of rotatable bonds is 5. The summed E-state index contributed by atoms with van der Waals surface area (Å²) in [6, 6.07) is 21.3. The second-order valence-corrected chi connectivity index (χ2v) is 8.86. The zero-order chi connectivity index (χ0) is 19.7. The molecule has 1 atom stereocenters. The molecule has 1 aromatic heterocycles. The summed E-state index contributed by atoms with van der Waals surface area (Å²) in [6.45, 7) is 1.92. The van der Waals surface area contributed by atoms with Crippen molar-refractivity contribution in [1.82, 2.24) is 9.71 Å². The standard InChI is InChI=1S/C22H19ClN2O2S/c1-15-6-12-18(13-7-15)28(26,27)25-22(16-8-10-17(23)11-9-16)20-14-24-21-5-3-2-4-19(20)21/h2-14,22,24-25H,1H3/t22-/m1/s1. The lowest BCUT2D eigenvalue weighted by atomic mass is 9.99. The van der Waals surface area contributed by atoms with E-state index in [-0.39, 0.29) is 4.90 Å². The quantitative estimate of drug-likeness (QED) is 0.475. The summed E-state index contributed by atoms with van der Waals surface area (Å²) in [7, 11) is -3.73. The molecular weight excluding hydrogens is 392 g/mol. The number of benzene rings is 3. The Kier molecular flexibility index (Phi) is 4.98. The zero-order valence-corrected chi connectivity index (χ0v) is 16.8. The summed E-state index contributed by atoms with van der Waals surface area (Å²) in [4.78, 5) is 3.46. The zero-order valence-electron chi connectivity index (χ0n) is 15.2. The highest BCUT2D eigenvalue weighted by Gasteiger charge is 2.25. The summed E-state index contributed by atoms with van der Waals surface area (Å²) in [5.41, 5.74) is 3.62. The number of para-hydroxylation sites is 1. The topological polar surface area (TPSA) is 62.0 Å². The molecule has 1 heterocycles. The molecule has 0 aliphatic rings. The van der Waals surface area contributed by atoms with E-state index < -0.39 is 16.1 Å². The second kappa shape index (κ2) is 7.43. The fourth-order valence-corrected chi connectivity index (χ4v) is 4.57. The van der Waals surface area contributed by atoms with Gasteiger partial charge in [-0.2, -0.15) is 4.72 Å². The van der Waals surface area contributed by atoms with Gasteiger partial charge in [0, 0.05) is 22.1 Å². The SMILES string of the molecule is Cc1ccc(S(=O)(=O)N[C@H](c2ccc(Cl)cc2)c2c[nH]c3ccccc23)cc1. The van der Waals surface area contributed by atoms with E-state index in [1.165, 1.54) is 0 Å². The molecule has 0 bridgehead atoms. The van der Waals surface area contributed by atoms with Crippen LogP contribution in [0.25, 0.3) is 10.9 Å². The van der Waals surface area contributed by atoms with Crippen molar-refractivity contribution < 1.29 is 8.42 Å². The van der Waals surface area contributed by atoms with E-state index in [0.29, 0.717) is 5.02 Å². The number of aryl methyl sites for hydroxylation is 1. The van der Waals surface area contributed by atoms with Gasteiger partial charge in [0.05, 0.1) is 10.9 Å². The number of aromatic nitrogens is 1. The third kappa shape index (κ3) is 3.69. The Balaban J connectivity index is 1.81. The van der Waals surface area contributed by atoms with E-state index in [9.17, 15) is 8.42 Å². The summed E-state index contributed by atoms with van der Waals surface area (Å²) < 4.78 is 29.0. The smallest absolute Gasteiger partial charge is 0.241 e. The molecule has 0 fully saturated rings. The molecule has 142 valence electrons. The Labute approximate surface area is 169 Å². The Morgan fingerprint density at radius 1 is 0.929 bits per heavy atom. The van der Waals surface area contributed by atoms with Crippen molar-refractivity contribution in [2.75, 3.05) is 0 Å². The van der Waals surface area contributed by atoms with Gasteiger partial charge in [-0.25, -0.2) is 8.42 Å². The number of sulfonamides is 1. The maximum atomic E-state index is 13.1. The van der Waals surface area contributed by atoms with Crippen molar-refractivity contribution in [1.29, 1.82) is 0 Å². The first kappa shape index (κ1) is 18.7. The van der Waals surface area contributed by atoms with Gasteiger partial charge in [-0.3, -0.25) is 0 Å². The molecule has 4 nitrogen and oxygen atoms in total. The lowest BCUT2D eigenvalue weighted by Gasteiger charge is -2.19. The van der Waals surface area contributed by atoms with Crippen LogP contribution in [-0.2, 0) is 10.0 Å². The fourth-order valence-electron chi connectivity index (χ4n) is 3.24. The van der Waals surface area contributed by atoms with Crippen molar-refractivity contribution in [2.24, 2.45) is 0 Å². The average molecular weight is 411 g/mol. The Morgan fingerprint density at radius 3 is 2.32 bits per heavy atom. The lowest BCUT2D eigenvalue weighted by molar-refractivity contribution is 0.572. The number of hydrogen-bond donors (Lipinski definition) is 2. The van der Waals surface area contributed by atoms with Crippen LogP contribution in [0.3, 0.4) is 0 Å². The number of halogens is 1. The minimum absolute atomic E-state index is 0.233. The number of fused-ring (bicyclic) bond motifs is 1. The van der Waals surface area contributed by atoms with Gasteiger partial charge in [0.25, 0.3) is 0 Å². The van der Waals surface area contributed by atoms with Crippen LogP contribution in [0.4, 0.5) is 0 Å². The van der Waals surface area contributed by atoms with E-state index in [0.717, 1.165) is 27.6 Å². The van der Waals surface area contributed by atoms with Crippen LogP contribution in [-0.4, -0.2) is 13.4 Å². The first-order valence-electron chi connectivity index (χ1n) is 8.84. The molecule has 28 heavy (non-hydrogen) atoms. The second-order valence-electron chi connectivity index (χ2n) is 6.71. The number of H-pyrrole nitrogens is 1. The van der Waals surface area contributed by atoms with Crippen LogP contribution < -0.4 is 4.72 Å². The summed E-state index contributed by atoms with van der Waals surface area (Å²) >= 11 is 6.04. The van der Waals surface area contributed by atoms with Crippen molar-refractivity contribution in [2.45, 2.75) is 17.9 Å². The lowest BCUT2D eigenvalue weighted by Crippen LogP contribution is -2.29. The van der Waals surface area contributed by atoms with E-state index in [4.69, 9.17) is 11.6 Å². The molecule has 0 unspecified atom stereocenters. The third-order valence-electron chi connectivity index (χ3n) is 4.74. The largest absolute Gasteiger partial charge is 0.361 e. The highest BCUT2D eigenvalue weighted by Crippen LogP contribution is 2.31. The van der Waals surface area contributed by atoms with Crippen LogP contribution in [0, 0.1) is 6.92 Å². The molecular formula is C22H19ClN2O2S. The number of aromatic amines is 1. The van der Waals surface area contributed by atoms with Crippen molar-refractivity contribution in [3.8, 4) is 0 Å². The molecule has 0 amide bonds. The fraction of sp³-hybridized carbons (Fsp3) is 0.0909. The van der Waals surface area contributed by atoms with Gasteiger partial charge in [-0.15, -0.1) is 0 Å². The predicted octanol–water partition coefficient (Wildman–Crippen LogP) is 5.20. The van der Waals surface area contributed by atoms with Crippen molar-refractivity contribution in [3.63, 3.8) is 0 Å². The summed E-state index contributed by atoms with van der Waals surface area (Å²) in [5.74, 6) is 0. The molecule has 0 radical (unpaired) electrons. The minimum atomic E-state index is -3.73. The monoisotopic (exact) mass is 410 g/mol. The third-order valence-corrected chi connectivity index (χ3v) is 6.43.